The van der Waals surface area contributed by atoms with Gasteiger partial charge in [-0.25, -0.2) is 0 Å². The molecule has 5 aromatic rings. The average molecular weight is 459 g/mol. The molecule has 0 unspecified atom stereocenters. The molecule has 1 aliphatic carbocycles. The second-order valence-electron chi connectivity index (χ2n) is 8.93. The Morgan fingerprint density at radius 3 is 1.14 bits per heavy atom. The van der Waals surface area contributed by atoms with Crippen molar-refractivity contribution in [2.45, 2.75) is 0 Å². The van der Waals surface area contributed by atoms with Crippen LogP contribution >= 0.6 is 0 Å². The zero-order valence-electron chi connectivity index (χ0n) is 20.0. The van der Waals surface area contributed by atoms with Crippen LogP contribution in [-0.2, 0) is 0 Å². The molecule has 0 aliphatic heterocycles. The molecule has 1 aliphatic rings. The molecular formula is C36H26. The van der Waals surface area contributed by atoms with Crippen molar-refractivity contribution in [2.75, 3.05) is 0 Å². The minimum Gasteiger partial charge on any atom is -0.0622 e. The number of rotatable bonds is 5. The number of hydrogen-bond donors (Lipinski definition) is 0. The average Bonchev–Trinajstić information content (AvgIpc) is 3.36. The van der Waals surface area contributed by atoms with E-state index < -0.39 is 0 Å². The molecule has 0 heterocycles. The van der Waals surface area contributed by atoms with Crippen LogP contribution in [0.5, 0.6) is 0 Å². The first-order valence-corrected chi connectivity index (χ1v) is 12.4. The van der Waals surface area contributed by atoms with E-state index in [-0.39, 0.29) is 0 Å². The maximum Gasteiger partial charge on any atom is -0.00199 e. The Morgan fingerprint density at radius 1 is 0.333 bits per heavy atom. The minimum absolute atomic E-state index is 1.21. The van der Waals surface area contributed by atoms with Gasteiger partial charge in [-0.1, -0.05) is 152 Å². The summed E-state index contributed by atoms with van der Waals surface area (Å²) in [5.74, 6) is 0. The highest BCUT2D eigenvalue weighted by atomic mass is 14.3. The highest BCUT2D eigenvalue weighted by Crippen LogP contribution is 2.50. The van der Waals surface area contributed by atoms with E-state index >= 15 is 0 Å². The first-order chi connectivity index (χ1) is 17.9. The Morgan fingerprint density at radius 2 is 0.694 bits per heavy atom. The summed E-state index contributed by atoms with van der Waals surface area (Å²) in [4.78, 5) is 0. The normalized spacial score (nSPS) is 13.0. The lowest BCUT2D eigenvalue weighted by atomic mass is 9.86. The lowest BCUT2D eigenvalue weighted by molar-refractivity contribution is 1.51. The van der Waals surface area contributed by atoms with Crippen molar-refractivity contribution in [3.05, 3.63) is 191 Å². The molecule has 170 valence electrons. The predicted molar refractivity (Wildman–Crippen MR) is 153 cm³/mol. The maximum absolute atomic E-state index is 2.40. The number of hydrogen-bond acceptors (Lipinski definition) is 0. The van der Waals surface area contributed by atoms with E-state index in [9.17, 15) is 0 Å². The Kier molecular flexibility index (Phi) is 6.00. The van der Waals surface area contributed by atoms with E-state index in [0.29, 0.717) is 0 Å². The van der Waals surface area contributed by atoms with E-state index in [1.807, 2.05) is 0 Å². The summed E-state index contributed by atoms with van der Waals surface area (Å²) in [6.45, 7) is 0. The second kappa shape index (κ2) is 9.90. The lowest BCUT2D eigenvalue weighted by Gasteiger charge is -2.17. The third-order valence-corrected chi connectivity index (χ3v) is 6.68. The van der Waals surface area contributed by atoms with Crippen LogP contribution in [0.15, 0.2) is 163 Å². The molecule has 0 heteroatoms. The molecule has 0 N–H and O–H groups in total. The molecule has 0 fully saturated rings. The monoisotopic (exact) mass is 458 g/mol. The Balaban J connectivity index is 1.77. The Hall–Kier alpha value is -4.68. The first-order valence-electron chi connectivity index (χ1n) is 12.4. The van der Waals surface area contributed by atoms with E-state index in [1.165, 1.54) is 55.7 Å². The van der Waals surface area contributed by atoms with E-state index in [2.05, 4.69) is 158 Å². The van der Waals surface area contributed by atoms with Gasteiger partial charge in [0.15, 0.2) is 0 Å². The van der Waals surface area contributed by atoms with Crippen LogP contribution in [0, 0.1) is 0 Å². The fourth-order valence-corrected chi connectivity index (χ4v) is 5.10. The second-order valence-corrected chi connectivity index (χ2v) is 8.93. The van der Waals surface area contributed by atoms with Crippen molar-refractivity contribution >= 4 is 22.3 Å². The van der Waals surface area contributed by atoms with Gasteiger partial charge >= 0.3 is 0 Å². The summed E-state index contributed by atoms with van der Waals surface area (Å²) in [6, 6.07) is 53.9. The van der Waals surface area contributed by atoms with Crippen molar-refractivity contribution in [2.24, 2.45) is 0 Å². The minimum atomic E-state index is 1.21. The highest BCUT2D eigenvalue weighted by molar-refractivity contribution is 6.25. The largest absolute Gasteiger partial charge is 0.0622 e. The van der Waals surface area contributed by atoms with Gasteiger partial charge in [0.25, 0.3) is 0 Å². The third kappa shape index (κ3) is 4.15. The van der Waals surface area contributed by atoms with E-state index in [0.717, 1.165) is 0 Å². The summed E-state index contributed by atoms with van der Waals surface area (Å²) in [6.07, 6.45) is 2.40. The summed E-state index contributed by atoms with van der Waals surface area (Å²) in [5.41, 5.74) is 12.4. The number of benzene rings is 5. The molecule has 0 radical (unpaired) electrons. The fourth-order valence-electron chi connectivity index (χ4n) is 5.10. The van der Waals surface area contributed by atoms with E-state index in [1.54, 1.807) is 0 Å². The van der Waals surface area contributed by atoms with Crippen molar-refractivity contribution in [1.82, 2.24) is 0 Å². The third-order valence-electron chi connectivity index (χ3n) is 6.68. The number of allylic oxidation sites excluding steroid dienone is 5. The summed E-state index contributed by atoms with van der Waals surface area (Å²) >= 11 is 0. The predicted octanol–water partition coefficient (Wildman–Crippen LogP) is 9.20. The van der Waals surface area contributed by atoms with Gasteiger partial charge in [0.1, 0.15) is 0 Å². The van der Waals surface area contributed by atoms with Crippen LogP contribution < -0.4 is 0 Å². The standard InChI is InChI=1S/C36H26/c1-6-16-27(17-7-1)32-26-33(34(28-18-8-2-9-19-28)29-20-10-3-11-21-29)36(31-24-14-5-15-25-31)35(32)30-22-12-4-13-23-30/h1-26H. The molecular weight excluding hydrogens is 432 g/mol. The molecule has 6 rings (SSSR count). The van der Waals surface area contributed by atoms with Gasteiger partial charge < -0.3 is 0 Å². The van der Waals surface area contributed by atoms with Gasteiger partial charge in [-0.2, -0.15) is 0 Å². The molecule has 5 aromatic carbocycles. The maximum atomic E-state index is 2.40. The lowest BCUT2D eigenvalue weighted by Crippen LogP contribution is -1.96. The molecule has 0 amide bonds. The van der Waals surface area contributed by atoms with Crippen LogP contribution in [0.3, 0.4) is 0 Å². The molecule has 0 bridgehead atoms. The molecule has 0 aromatic heterocycles. The van der Waals surface area contributed by atoms with Gasteiger partial charge in [-0.3, -0.25) is 0 Å². The van der Waals surface area contributed by atoms with Crippen molar-refractivity contribution < 1.29 is 0 Å². The SMILES string of the molecule is C1=C(c2ccccc2)C(c2ccccc2)=C(c2ccccc2)C1=C(c1ccccc1)c1ccccc1. The molecule has 36 heavy (non-hydrogen) atoms. The van der Waals surface area contributed by atoms with Crippen molar-refractivity contribution in [1.29, 1.82) is 0 Å². The van der Waals surface area contributed by atoms with Crippen LogP contribution in [0.4, 0.5) is 0 Å². The summed E-state index contributed by atoms with van der Waals surface area (Å²) < 4.78 is 0. The molecule has 0 nitrogen and oxygen atoms in total. The zero-order chi connectivity index (χ0) is 24.2. The summed E-state index contributed by atoms with van der Waals surface area (Å²) in [7, 11) is 0. The Labute approximate surface area is 213 Å². The van der Waals surface area contributed by atoms with Gasteiger partial charge in [-0.05, 0) is 61.8 Å². The van der Waals surface area contributed by atoms with Crippen LogP contribution in [0.2, 0.25) is 0 Å². The fraction of sp³-hybridized carbons (Fsp3) is 0. The molecule has 0 atom stereocenters. The summed E-state index contributed by atoms with van der Waals surface area (Å²) in [5, 5.41) is 0. The van der Waals surface area contributed by atoms with Gasteiger partial charge in [-0.15, -0.1) is 0 Å². The first kappa shape index (κ1) is 21.8. The Bertz CT molecular complexity index is 1510. The van der Waals surface area contributed by atoms with Gasteiger partial charge in [0, 0.05) is 0 Å². The molecule has 0 saturated heterocycles. The van der Waals surface area contributed by atoms with Crippen molar-refractivity contribution in [3.8, 4) is 0 Å². The molecule has 0 spiro atoms. The van der Waals surface area contributed by atoms with Crippen LogP contribution in [-0.4, -0.2) is 0 Å². The highest BCUT2D eigenvalue weighted by Gasteiger charge is 2.28. The topological polar surface area (TPSA) is 0 Å². The van der Waals surface area contributed by atoms with Crippen molar-refractivity contribution in [3.63, 3.8) is 0 Å². The van der Waals surface area contributed by atoms with Gasteiger partial charge in [0.05, 0.1) is 0 Å². The van der Waals surface area contributed by atoms with Crippen LogP contribution in [0.1, 0.15) is 27.8 Å². The smallest absolute Gasteiger partial charge is 0.00199 e. The molecule has 0 saturated carbocycles. The van der Waals surface area contributed by atoms with Gasteiger partial charge in [0.2, 0.25) is 0 Å². The van der Waals surface area contributed by atoms with E-state index in [4.69, 9.17) is 0 Å². The quantitative estimate of drug-likeness (QED) is 0.246. The van der Waals surface area contributed by atoms with Crippen LogP contribution in [0.25, 0.3) is 22.3 Å². The zero-order valence-corrected chi connectivity index (χ0v) is 20.0.